The molecule has 0 spiro atoms. The van der Waals surface area contributed by atoms with Crippen LogP contribution in [0.25, 0.3) is 0 Å². The Kier molecular flexibility index (Phi) is 3.23. The molecule has 0 aliphatic heterocycles. The maximum atomic E-state index is 12.4. The van der Waals surface area contributed by atoms with Crippen molar-refractivity contribution >= 4 is 21.4 Å². The summed E-state index contributed by atoms with van der Waals surface area (Å²) in [5.41, 5.74) is 7.53. The van der Waals surface area contributed by atoms with E-state index in [9.17, 15) is 8.42 Å². The molecule has 0 atom stereocenters. The fraction of sp³-hybridized carbons (Fsp3) is 0.250. The van der Waals surface area contributed by atoms with Gasteiger partial charge in [0.15, 0.2) is 0 Å². The zero-order valence-electron chi connectivity index (χ0n) is 11.0. The molecule has 0 fully saturated rings. The molecule has 2 aromatic rings. The van der Waals surface area contributed by atoms with E-state index in [1.165, 1.54) is 4.68 Å². The van der Waals surface area contributed by atoms with Crippen LogP contribution < -0.4 is 10.5 Å². The summed E-state index contributed by atoms with van der Waals surface area (Å²) in [6, 6.07) is 6.72. The van der Waals surface area contributed by atoms with Crippen molar-refractivity contribution in [3.63, 3.8) is 0 Å². The maximum absolute atomic E-state index is 12.4. The maximum Gasteiger partial charge on any atom is 0.265 e. The molecule has 6 nitrogen and oxygen atoms in total. The highest BCUT2D eigenvalue weighted by molar-refractivity contribution is 7.92. The Labute approximate surface area is 112 Å². The Balaban J connectivity index is 2.47. The molecule has 1 heterocycles. The second-order valence-electron chi connectivity index (χ2n) is 4.32. The predicted molar refractivity (Wildman–Crippen MR) is 74.3 cm³/mol. The summed E-state index contributed by atoms with van der Waals surface area (Å²) in [5.74, 6) is 0. The Morgan fingerprint density at radius 3 is 2.42 bits per heavy atom. The second kappa shape index (κ2) is 4.58. The van der Waals surface area contributed by atoms with Gasteiger partial charge in [0.25, 0.3) is 10.0 Å². The number of aryl methyl sites for hydroxylation is 2. The first-order valence-corrected chi connectivity index (χ1v) is 7.19. The summed E-state index contributed by atoms with van der Waals surface area (Å²) < 4.78 is 28.8. The zero-order valence-corrected chi connectivity index (χ0v) is 11.8. The van der Waals surface area contributed by atoms with Gasteiger partial charge in [-0.05, 0) is 26.0 Å². The van der Waals surface area contributed by atoms with Crippen molar-refractivity contribution < 1.29 is 8.42 Å². The molecule has 19 heavy (non-hydrogen) atoms. The standard InChI is InChI=1S/C12H16N4O2S/c1-8-12(9(2)16(3)14-8)19(17,18)15-11-7-5-4-6-10(11)13/h4-7,15H,13H2,1-3H3. The third-order valence-corrected chi connectivity index (χ3v) is 4.53. The first-order chi connectivity index (χ1) is 8.83. The van der Waals surface area contributed by atoms with Crippen LogP contribution in [-0.4, -0.2) is 18.2 Å². The van der Waals surface area contributed by atoms with E-state index in [4.69, 9.17) is 5.73 Å². The van der Waals surface area contributed by atoms with Crippen LogP contribution in [0.15, 0.2) is 29.2 Å². The number of anilines is 2. The number of hydrogen-bond acceptors (Lipinski definition) is 4. The molecule has 3 N–H and O–H groups in total. The Morgan fingerprint density at radius 2 is 1.89 bits per heavy atom. The summed E-state index contributed by atoms with van der Waals surface area (Å²) in [7, 11) is -1.98. The van der Waals surface area contributed by atoms with E-state index < -0.39 is 10.0 Å². The number of rotatable bonds is 3. The molecule has 0 aliphatic rings. The van der Waals surface area contributed by atoms with Gasteiger partial charge in [-0.3, -0.25) is 9.40 Å². The van der Waals surface area contributed by atoms with Crippen molar-refractivity contribution in [2.75, 3.05) is 10.5 Å². The lowest BCUT2D eigenvalue weighted by atomic mass is 10.3. The van der Waals surface area contributed by atoms with Gasteiger partial charge in [-0.25, -0.2) is 8.42 Å². The first kappa shape index (κ1) is 13.4. The molecule has 7 heteroatoms. The fourth-order valence-corrected chi connectivity index (χ4v) is 3.46. The molecule has 102 valence electrons. The monoisotopic (exact) mass is 280 g/mol. The lowest BCUT2D eigenvalue weighted by Gasteiger charge is -2.10. The van der Waals surface area contributed by atoms with Crippen molar-refractivity contribution in [3.8, 4) is 0 Å². The van der Waals surface area contributed by atoms with Crippen LogP contribution in [0.1, 0.15) is 11.4 Å². The van der Waals surface area contributed by atoms with Crippen molar-refractivity contribution in [2.45, 2.75) is 18.7 Å². The molecule has 0 bridgehead atoms. The van der Waals surface area contributed by atoms with Gasteiger partial charge in [0.1, 0.15) is 4.90 Å². The summed E-state index contributed by atoms with van der Waals surface area (Å²) in [6.45, 7) is 3.37. The number of benzene rings is 1. The van der Waals surface area contributed by atoms with E-state index in [0.717, 1.165) is 0 Å². The van der Waals surface area contributed by atoms with E-state index in [-0.39, 0.29) is 4.90 Å². The lowest BCUT2D eigenvalue weighted by Crippen LogP contribution is -2.15. The summed E-state index contributed by atoms with van der Waals surface area (Å²) in [4.78, 5) is 0.193. The summed E-state index contributed by atoms with van der Waals surface area (Å²) in [5, 5.41) is 4.11. The number of nitrogens with zero attached hydrogens (tertiary/aromatic N) is 2. The van der Waals surface area contributed by atoms with Gasteiger partial charge in [-0.1, -0.05) is 12.1 Å². The van der Waals surface area contributed by atoms with Crippen molar-refractivity contribution in [2.24, 2.45) is 7.05 Å². The number of nitrogens with two attached hydrogens (primary N) is 1. The van der Waals surface area contributed by atoms with Crippen LogP contribution in [0, 0.1) is 13.8 Å². The number of sulfonamides is 1. The minimum absolute atomic E-state index is 0.193. The smallest absolute Gasteiger partial charge is 0.265 e. The average molecular weight is 280 g/mol. The third kappa shape index (κ3) is 2.41. The van der Waals surface area contributed by atoms with Crippen LogP contribution in [0.4, 0.5) is 11.4 Å². The molecule has 0 unspecified atom stereocenters. The van der Waals surface area contributed by atoms with E-state index in [2.05, 4.69) is 9.82 Å². The van der Waals surface area contributed by atoms with Crippen LogP contribution in [0.5, 0.6) is 0 Å². The van der Waals surface area contributed by atoms with Crippen LogP contribution in [0.3, 0.4) is 0 Å². The van der Waals surface area contributed by atoms with Gasteiger partial charge in [0.2, 0.25) is 0 Å². The first-order valence-electron chi connectivity index (χ1n) is 5.70. The van der Waals surface area contributed by atoms with E-state index in [1.54, 1.807) is 45.2 Å². The normalized spacial score (nSPS) is 11.5. The van der Waals surface area contributed by atoms with Crippen molar-refractivity contribution in [1.82, 2.24) is 9.78 Å². The molecule has 1 aromatic carbocycles. The van der Waals surface area contributed by atoms with Gasteiger partial charge in [0, 0.05) is 7.05 Å². The molecule has 0 amide bonds. The van der Waals surface area contributed by atoms with Crippen molar-refractivity contribution in [3.05, 3.63) is 35.7 Å². The molecule has 1 aromatic heterocycles. The quantitative estimate of drug-likeness (QED) is 0.832. The highest BCUT2D eigenvalue weighted by atomic mass is 32.2. The Hall–Kier alpha value is -2.02. The van der Waals surface area contributed by atoms with Crippen LogP contribution in [-0.2, 0) is 17.1 Å². The minimum atomic E-state index is -3.69. The van der Waals surface area contributed by atoms with Gasteiger partial charge in [-0.15, -0.1) is 0 Å². The highest BCUT2D eigenvalue weighted by Gasteiger charge is 2.24. The Morgan fingerprint density at radius 1 is 1.26 bits per heavy atom. The molecule has 2 rings (SSSR count). The number of para-hydroxylation sites is 2. The fourth-order valence-electron chi connectivity index (χ4n) is 1.93. The lowest BCUT2D eigenvalue weighted by molar-refractivity contribution is 0.599. The van der Waals surface area contributed by atoms with Gasteiger partial charge >= 0.3 is 0 Å². The van der Waals surface area contributed by atoms with Gasteiger partial charge in [0.05, 0.1) is 22.8 Å². The zero-order chi connectivity index (χ0) is 14.2. The topological polar surface area (TPSA) is 90.0 Å². The molecule has 0 radical (unpaired) electrons. The Bertz CT molecular complexity index is 719. The van der Waals surface area contributed by atoms with Crippen LogP contribution in [0.2, 0.25) is 0 Å². The van der Waals surface area contributed by atoms with E-state index in [1.807, 2.05) is 0 Å². The minimum Gasteiger partial charge on any atom is -0.397 e. The van der Waals surface area contributed by atoms with Gasteiger partial charge in [-0.2, -0.15) is 5.10 Å². The van der Waals surface area contributed by atoms with E-state index in [0.29, 0.717) is 22.8 Å². The molecule has 0 saturated heterocycles. The SMILES string of the molecule is Cc1nn(C)c(C)c1S(=O)(=O)Nc1ccccc1N. The summed E-state index contributed by atoms with van der Waals surface area (Å²) >= 11 is 0. The second-order valence-corrected chi connectivity index (χ2v) is 5.94. The molecule has 0 saturated carbocycles. The number of nitrogen functional groups attached to an aromatic ring is 1. The molecular formula is C12H16N4O2S. The van der Waals surface area contributed by atoms with E-state index >= 15 is 0 Å². The largest absolute Gasteiger partial charge is 0.397 e. The predicted octanol–water partition coefficient (Wildman–Crippen LogP) is 1.42. The summed E-state index contributed by atoms with van der Waals surface area (Å²) in [6.07, 6.45) is 0. The number of aromatic nitrogens is 2. The number of nitrogens with one attached hydrogen (secondary N) is 1. The average Bonchev–Trinajstić information content (AvgIpc) is 2.56. The van der Waals surface area contributed by atoms with Crippen molar-refractivity contribution in [1.29, 1.82) is 0 Å². The van der Waals surface area contributed by atoms with Gasteiger partial charge < -0.3 is 5.73 Å². The number of hydrogen-bond donors (Lipinski definition) is 2. The third-order valence-electron chi connectivity index (χ3n) is 2.92. The highest BCUT2D eigenvalue weighted by Crippen LogP contribution is 2.24. The van der Waals surface area contributed by atoms with Crippen LogP contribution >= 0.6 is 0 Å². The molecule has 0 aliphatic carbocycles. The molecular weight excluding hydrogens is 264 g/mol.